The Morgan fingerprint density at radius 2 is 1.82 bits per heavy atom. The van der Waals surface area contributed by atoms with E-state index in [0.29, 0.717) is 5.52 Å². The number of para-hydroxylation sites is 1. The zero-order valence-electron chi connectivity index (χ0n) is 20.5. The van der Waals surface area contributed by atoms with Gasteiger partial charge in [-0.05, 0) is 17.7 Å². The molecule has 0 aliphatic carbocycles. The fourth-order valence-electron chi connectivity index (χ4n) is 4.36. The lowest BCUT2D eigenvalue weighted by Gasteiger charge is -2.27. The molecule has 1 N–H and O–H groups in total. The zero-order valence-corrected chi connectivity index (χ0v) is 21.4. The van der Waals surface area contributed by atoms with Crippen LogP contribution in [0.1, 0.15) is 0 Å². The summed E-state index contributed by atoms with van der Waals surface area (Å²) >= 11 is 0. The van der Waals surface area contributed by atoms with Crippen molar-refractivity contribution in [1.82, 2.24) is 29.5 Å². The molecule has 2 amide bonds. The number of nitrogens with one attached hydrogen (secondary N) is 1. The second kappa shape index (κ2) is 9.38. The SMILES string of the molecule is C=C(NC(=O)C(=C)n1cnc2c(-c3ccc4cn(C)nc4c3)cccc2c1=O)C(=O)N1CCS(=O)(=O)CC1. The predicted molar refractivity (Wildman–Crippen MR) is 144 cm³/mol. The van der Waals surface area contributed by atoms with Crippen molar-refractivity contribution in [1.29, 1.82) is 0 Å². The van der Waals surface area contributed by atoms with E-state index in [1.54, 1.807) is 16.8 Å². The van der Waals surface area contributed by atoms with Crippen molar-refractivity contribution in [2.75, 3.05) is 24.6 Å². The highest BCUT2D eigenvalue weighted by atomic mass is 32.2. The van der Waals surface area contributed by atoms with E-state index >= 15 is 0 Å². The molecule has 11 nitrogen and oxygen atoms in total. The maximum Gasteiger partial charge on any atom is 0.272 e. The number of hydrogen-bond acceptors (Lipinski definition) is 7. The number of carbonyl (C=O) groups is 2. The number of fused-ring (bicyclic) bond motifs is 2. The molecule has 0 spiro atoms. The molecule has 38 heavy (non-hydrogen) atoms. The summed E-state index contributed by atoms with van der Waals surface area (Å²) in [6.45, 7) is 7.34. The van der Waals surface area contributed by atoms with Crippen molar-refractivity contribution < 1.29 is 18.0 Å². The first-order valence-electron chi connectivity index (χ1n) is 11.7. The zero-order chi connectivity index (χ0) is 27.2. The van der Waals surface area contributed by atoms with Gasteiger partial charge in [0.1, 0.15) is 12.0 Å². The molecule has 0 bridgehead atoms. The average molecular weight is 533 g/mol. The molecule has 2 aromatic carbocycles. The van der Waals surface area contributed by atoms with Crippen molar-refractivity contribution in [2.45, 2.75) is 0 Å². The molecule has 5 rings (SSSR count). The van der Waals surface area contributed by atoms with Crippen LogP contribution in [-0.2, 0) is 26.5 Å². The van der Waals surface area contributed by atoms with Crippen LogP contribution in [0.2, 0.25) is 0 Å². The molecule has 12 heteroatoms. The van der Waals surface area contributed by atoms with Crippen LogP contribution in [0.15, 0.2) is 72.6 Å². The Bertz CT molecular complexity index is 1820. The normalized spacial score (nSPS) is 14.9. The number of aryl methyl sites for hydroxylation is 1. The molecule has 3 heterocycles. The Hall–Kier alpha value is -4.58. The van der Waals surface area contributed by atoms with Gasteiger partial charge in [0.05, 0.1) is 33.6 Å². The molecule has 1 fully saturated rings. The van der Waals surface area contributed by atoms with Gasteiger partial charge in [0.15, 0.2) is 9.84 Å². The number of carbonyl (C=O) groups excluding carboxylic acids is 2. The van der Waals surface area contributed by atoms with Gasteiger partial charge < -0.3 is 10.2 Å². The van der Waals surface area contributed by atoms with Gasteiger partial charge in [-0.25, -0.2) is 13.4 Å². The smallest absolute Gasteiger partial charge is 0.272 e. The minimum atomic E-state index is -3.17. The summed E-state index contributed by atoms with van der Waals surface area (Å²) < 4.78 is 26.0. The summed E-state index contributed by atoms with van der Waals surface area (Å²) in [5.41, 5.74) is 1.83. The van der Waals surface area contributed by atoms with Crippen LogP contribution in [0.5, 0.6) is 0 Å². The van der Waals surface area contributed by atoms with Gasteiger partial charge in [-0.15, -0.1) is 0 Å². The minimum Gasteiger partial charge on any atom is -0.335 e. The fourth-order valence-corrected chi connectivity index (χ4v) is 5.56. The van der Waals surface area contributed by atoms with E-state index in [4.69, 9.17) is 0 Å². The molecule has 0 saturated carbocycles. The third kappa shape index (κ3) is 4.61. The third-order valence-electron chi connectivity index (χ3n) is 6.43. The maximum absolute atomic E-state index is 13.3. The van der Waals surface area contributed by atoms with Gasteiger partial charge in [0, 0.05) is 37.3 Å². The van der Waals surface area contributed by atoms with Gasteiger partial charge >= 0.3 is 0 Å². The predicted octanol–water partition coefficient (Wildman–Crippen LogP) is 1.31. The van der Waals surface area contributed by atoms with E-state index in [1.165, 1.54) is 11.2 Å². The Balaban J connectivity index is 1.38. The number of amides is 2. The second-order valence-corrected chi connectivity index (χ2v) is 11.3. The van der Waals surface area contributed by atoms with Crippen molar-refractivity contribution in [2.24, 2.45) is 7.05 Å². The molecule has 1 aliphatic heterocycles. The molecule has 0 radical (unpaired) electrons. The largest absolute Gasteiger partial charge is 0.335 e. The maximum atomic E-state index is 13.3. The van der Waals surface area contributed by atoms with Crippen LogP contribution in [0.4, 0.5) is 0 Å². The number of hydrogen-bond donors (Lipinski definition) is 1. The fraction of sp³-hybridized carbons (Fsp3) is 0.192. The quantitative estimate of drug-likeness (QED) is 0.383. The van der Waals surface area contributed by atoms with Crippen LogP contribution in [0.25, 0.3) is 38.6 Å². The summed E-state index contributed by atoms with van der Waals surface area (Å²) in [6.07, 6.45) is 3.13. The first-order valence-corrected chi connectivity index (χ1v) is 13.5. The molecular weight excluding hydrogens is 508 g/mol. The van der Waals surface area contributed by atoms with Gasteiger partial charge in [0.25, 0.3) is 17.4 Å². The first-order chi connectivity index (χ1) is 18.0. The molecule has 0 atom stereocenters. The van der Waals surface area contributed by atoms with E-state index in [-0.39, 0.29) is 41.4 Å². The van der Waals surface area contributed by atoms with E-state index < -0.39 is 27.2 Å². The van der Waals surface area contributed by atoms with Gasteiger partial charge in [-0.2, -0.15) is 5.10 Å². The lowest BCUT2D eigenvalue weighted by molar-refractivity contribution is -0.128. The van der Waals surface area contributed by atoms with E-state index in [1.807, 2.05) is 37.5 Å². The number of sulfone groups is 1. The monoisotopic (exact) mass is 532 g/mol. The van der Waals surface area contributed by atoms with Crippen molar-refractivity contribution in [3.63, 3.8) is 0 Å². The average Bonchev–Trinajstić information content (AvgIpc) is 3.27. The highest BCUT2D eigenvalue weighted by molar-refractivity contribution is 7.91. The van der Waals surface area contributed by atoms with E-state index in [0.717, 1.165) is 26.6 Å². The molecule has 1 aliphatic rings. The molecule has 4 aromatic rings. The van der Waals surface area contributed by atoms with Crippen LogP contribution < -0.4 is 10.9 Å². The molecular formula is C26H24N6O5S. The number of rotatable bonds is 5. The van der Waals surface area contributed by atoms with E-state index in [9.17, 15) is 22.8 Å². The Morgan fingerprint density at radius 3 is 2.55 bits per heavy atom. The number of benzene rings is 2. The molecule has 0 unspecified atom stereocenters. The molecule has 2 aromatic heterocycles. The highest BCUT2D eigenvalue weighted by Crippen LogP contribution is 2.28. The topological polar surface area (TPSA) is 136 Å². The van der Waals surface area contributed by atoms with Gasteiger partial charge in [-0.3, -0.25) is 23.6 Å². The van der Waals surface area contributed by atoms with Gasteiger partial charge in [0.2, 0.25) is 0 Å². The van der Waals surface area contributed by atoms with Crippen LogP contribution >= 0.6 is 0 Å². The summed E-state index contributed by atoms with van der Waals surface area (Å²) in [4.78, 5) is 44.5. The number of aromatic nitrogens is 4. The first kappa shape index (κ1) is 25.1. The summed E-state index contributed by atoms with van der Waals surface area (Å²) in [7, 11) is -1.33. The van der Waals surface area contributed by atoms with Gasteiger partial charge in [-0.1, -0.05) is 37.4 Å². The van der Waals surface area contributed by atoms with E-state index in [2.05, 4.69) is 28.6 Å². The van der Waals surface area contributed by atoms with Crippen LogP contribution in [0, 0.1) is 0 Å². The number of nitrogens with zero attached hydrogens (tertiary/aromatic N) is 5. The minimum absolute atomic E-state index is 0.0145. The second-order valence-electron chi connectivity index (χ2n) is 9.02. The van der Waals surface area contributed by atoms with Crippen LogP contribution in [-0.4, -0.2) is 69.1 Å². The Labute approximate surface area is 217 Å². The van der Waals surface area contributed by atoms with Crippen LogP contribution in [0.3, 0.4) is 0 Å². The summed E-state index contributed by atoms with van der Waals surface area (Å²) in [5, 5.41) is 8.06. The highest BCUT2D eigenvalue weighted by Gasteiger charge is 2.27. The molecule has 1 saturated heterocycles. The summed E-state index contributed by atoms with van der Waals surface area (Å²) in [5.74, 6) is -1.71. The summed E-state index contributed by atoms with van der Waals surface area (Å²) in [6, 6.07) is 11.0. The van der Waals surface area contributed by atoms with Crippen molar-refractivity contribution in [3.05, 3.63) is 78.1 Å². The standard InChI is InChI=1S/C26H24N6O5S/c1-16(25(34)31-9-11-38(36,37)12-10-31)28-24(33)17(2)32-15-27-23-20(5-4-6-21(23)26(32)35)18-7-8-19-14-30(3)29-22(19)13-18/h4-8,13-15H,1-2,9-12H2,3H3,(H,28,33). The Kier molecular flexibility index (Phi) is 6.19. The third-order valence-corrected chi connectivity index (χ3v) is 8.04. The molecule has 194 valence electrons. The van der Waals surface area contributed by atoms with Crippen molar-refractivity contribution >= 4 is 49.2 Å². The lowest BCUT2D eigenvalue weighted by Crippen LogP contribution is -2.46. The Morgan fingerprint density at radius 1 is 1.08 bits per heavy atom. The lowest BCUT2D eigenvalue weighted by atomic mass is 10.0. The van der Waals surface area contributed by atoms with Crippen molar-refractivity contribution in [3.8, 4) is 11.1 Å².